The molecular formula is C24H25ClN2O5S. The van der Waals surface area contributed by atoms with Crippen LogP contribution in [-0.2, 0) is 10.0 Å². The number of aryl methyl sites for hydroxylation is 1. The molecule has 0 fully saturated rings. The van der Waals surface area contributed by atoms with Gasteiger partial charge >= 0.3 is 0 Å². The second kappa shape index (κ2) is 10.1. The molecule has 0 bridgehead atoms. The molecule has 7 nitrogen and oxygen atoms in total. The van der Waals surface area contributed by atoms with Crippen molar-refractivity contribution >= 4 is 33.2 Å². The molecule has 2 N–H and O–H groups in total. The highest BCUT2D eigenvalue weighted by Gasteiger charge is 2.22. The Kier molecular flexibility index (Phi) is 7.50. The highest BCUT2D eigenvalue weighted by Crippen LogP contribution is 2.30. The van der Waals surface area contributed by atoms with Crippen LogP contribution in [0.3, 0.4) is 0 Å². The Morgan fingerprint density at radius 2 is 1.67 bits per heavy atom. The zero-order valence-electron chi connectivity index (χ0n) is 18.7. The van der Waals surface area contributed by atoms with Crippen LogP contribution >= 0.6 is 11.6 Å². The van der Waals surface area contributed by atoms with Crippen LogP contribution in [0.1, 0.15) is 34.5 Å². The lowest BCUT2D eigenvalue weighted by molar-refractivity contribution is 0.0939. The summed E-state index contributed by atoms with van der Waals surface area (Å²) in [4.78, 5) is 12.7. The normalized spacial score (nSPS) is 12.0. The molecule has 174 valence electrons. The van der Waals surface area contributed by atoms with Gasteiger partial charge in [0.1, 0.15) is 4.90 Å². The first kappa shape index (κ1) is 24.4. The second-order valence-corrected chi connectivity index (χ2v) is 9.43. The zero-order chi connectivity index (χ0) is 24.2. The molecule has 1 amide bonds. The lowest BCUT2D eigenvalue weighted by atomic mass is 10.1. The second-order valence-electron chi connectivity index (χ2n) is 7.38. The van der Waals surface area contributed by atoms with Crippen LogP contribution in [-0.4, -0.2) is 28.5 Å². The van der Waals surface area contributed by atoms with Gasteiger partial charge in [-0.15, -0.1) is 0 Å². The fraction of sp³-hybridized carbons (Fsp3) is 0.208. The van der Waals surface area contributed by atoms with Crippen molar-refractivity contribution in [1.82, 2.24) is 5.32 Å². The third kappa shape index (κ3) is 5.58. The molecule has 0 saturated carbocycles. The zero-order valence-corrected chi connectivity index (χ0v) is 20.3. The van der Waals surface area contributed by atoms with E-state index >= 15 is 0 Å². The molecule has 3 aromatic rings. The Morgan fingerprint density at radius 3 is 2.33 bits per heavy atom. The largest absolute Gasteiger partial charge is 0.493 e. The molecule has 0 aliphatic heterocycles. The van der Waals surface area contributed by atoms with E-state index in [1.165, 1.54) is 25.3 Å². The maximum Gasteiger partial charge on any atom is 0.263 e. The number of amides is 1. The Bertz CT molecular complexity index is 1280. The van der Waals surface area contributed by atoms with Crippen LogP contribution < -0.4 is 19.5 Å². The SMILES string of the molecule is COc1ccc(C(C)NC(=O)c2ccc(Cl)c(S(=O)(=O)Nc3ccccc3C)c2)cc1OC. The first-order valence-electron chi connectivity index (χ1n) is 10.1. The molecule has 0 heterocycles. The number of rotatable bonds is 8. The van der Waals surface area contributed by atoms with E-state index in [1.54, 1.807) is 44.4 Å². The highest BCUT2D eigenvalue weighted by atomic mass is 35.5. The van der Waals surface area contributed by atoms with Gasteiger partial charge in [0.2, 0.25) is 0 Å². The van der Waals surface area contributed by atoms with Crippen LogP contribution in [0.5, 0.6) is 11.5 Å². The average Bonchev–Trinajstić information content (AvgIpc) is 2.80. The third-order valence-electron chi connectivity index (χ3n) is 5.13. The number of benzene rings is 3. The summed E-state index contributed by atoms with van der Waals surface area (Å²) < 4.78 is 39.0. The quantitative estimate of drug-likeness (QED) is 0.467. The van der Waals surface area contributed by atoms with Gasteiger partial charge in [-0.3, -0.25) is 9.52 Å². The van der Waals surface area contributed by atoms with Crippen molar-refractivity contribution in [3.63, 3.8) is 0 Å². The van der Waals surface area contributed by atoms with Crippen molar-refractivity contribution < 1.29 is 22.7 Å². The van der Waals surface area contributed by atoms with E-state index in [9.17, 15) is 13.2 Å². The Morgan fingerprint density at radius 1 is 0.970 bits per heavy atom. The summed E-state index contributed by atoms with van der Waals surface area (Å²) in [5.41, 5.74) is 2.15. The average molecular weight is 489 g/mol. The number of sulfonamides is 1. The number of anilines is 1. The number of methoxy groups -OCH3 is 2. The van der Waals surface area contributed by atoms with Gasteiger partial charge in [0.05, 0.1) is 31.0 Å². The summed E-state index contributed by atoms with van der Waals surface area (Å²) in [6.45, 7) is 3.60. The first-order valence-corrected chi connectivity index (χ1v) is 11.9. The number of halogens is 1. The Labute approximate surface area is 198 Å². The summed E-state index contributed by atoms with van der Waals surface area (Å²) in [6.07, 6.45) is 0. The lowest BCUT2D eigenvalue weighted by Gasteiger charge is -2.17. The number of ether oxygens (including phenoxy) is 2. The van der Waals surface area contributed by atoms with Crippen molar-refractivity contribution in [1.29, 1.82) is 0 Å². The number of hydrogen-bond donors (Lipinski definition) is 2. The van der Waals surface area contributed by atoms with E-state index in [-0.39, 0.29) is 21.5 Å². The van der Waals surface area contributed by atoms with Crippen molar-refractivity contribution in [2.45, 2.75) is 24.8 Å². The third-order valence-corrected chi connectivity index (χ3v) is 6.97. The molecule has 0 spiro atoms. The Balaban J connectivity index is 1.84. The smallest absolute Gasteiger partial charge is 0.263 e. The van der Waals surface area contributed by atoms with Gasteiger partial charge in [-0.2, -0.15) is 0 Å². The summed E-state index contributed by atoms with van der Waals surface area (Å²) in [6, 6.07) is 16.1. The van der Waals surface area contributed by atoms with E-state index in [0.717, 1.165) is 11.1 Å². The molecule has 1 unspecified atom stereocenters. The van der Waals surface area contributed by atoms with Crippen LogP contribution in [0.4, 0.5) is 5.69 Å². The first-order chi connectivity index (χ1) is 15.7. The van der Waals surface area contributed by atoms with Crippen LogP contribution in [0, 0.1) is 6.92 Å². The highest BCUT2D eigenvalue weighted by molar-refractivity contribution is 7.92. The van der Waals surface area contributed by atoms with Crippen molar-refractivity contribution in [2.75, 3.05) is 18.9 Å². The number of nitrogens with one attached hydrogen (secondary N) is 2. The predicted octanol–water partition coefficient (Wildman–Crippen LogP) is 4.96. The monoisotopic (exact) mass is 488 g/mol. The van der Waals surface area contributed by atoms with E-state index < -0.39 is 15.9 Å². The summed E-state index contributed by atoms with van der Waals surface area (Å²) >= 11 is 6.18. The molecule has 0 radical (unpaired) electrons. The van der Waals surface area contributed by atoms with Crippen molar-refractivity contribution in [3.8, 4) is 11.5 Å². The van der Waals surface area contributed by atoms with Gasteiger partial charge in [-0.05, 0) is 61.4 Å². The van der Waals surface area contributed by atoms with E-state index in [0.29, 0.717) is 17.2 Å². The topological polar surface area (TPSA) is 93.7 Å². The van der Waals surface area contributed by atoms with Crippen LogP contribution in [0.25, 0.3) is 0 Å². The van der Waals surface area contributed by atoms with E-state index in [4.69, 9.17) is 21.1 Å². The number of hydrogen-bond acceptors (Lipinski definition) is 5. The van der Waals surface area contributed by atoms with Gasteiger partial charge in [0.15, 0.2) is 11.5 Å². The lowest BCUT2D eigenvalue weighted by Crippen LogP contribution is -2.27. The van der Waals surface area contributed by atoms with Gasteiger partial charge < -0.3 is 14.8 Å². The molecule has 9 heteroatoms. The van der Waals surface area contributed by atoms with E-state index in [1.807, 2.05) is 19.1 Å². The molecule has 3 aromatic carbocycles. The minimum atomic E-state index is -4.01. The fourth-order valence-electron chi connectivity index (χ4n) is 3.22. The van der Waals surface area contributed by atoms with Gasteiger partial charge in [-0.25, -0.2) is 8.42 Å². The number of carbonyl (C=O) groups excluding carboxylic acids is 1. The maximum absolute atomic E-state index is 13.0. The van der Waals surface area contributed by atoms with Gasteiger partial charge in [0, 0.05) is 5.56 Å². The Hall–Kier alpha value is -3.23. The van der Waals surface area contributed by atoms with Crippen molar-refractivity contribution in [3.05, 3.63) is 82.4 Å². The molecule has 33 heavy (non-hydrogen) atoms. The molecule has 1 atom stereocenters. The predicted molar refractivity (Wildman–Crippen MR) is 129 cm³/mol. The molecular weight excluding hydrogens is 464 g/mol. The minimum Gasteiger partial charge on any atom is -0.493 e. The standard InChI is InChI=1S/C24H25ClN2O5S/c1-15-7-5-6-8-20(15)27-33(29,30)23-14-18(9-11-19(23)25)24(28)26-16(2)17-10-12-21(31-3)22(13-17)32-4/h5-14,16,27H,1-4H3,(H,26,28). The summed E-state index contributed by atoms with van der Waals surface area (Å²) in [7, 11) is -0.934. The summed E-state index contributed by atoms with van der Waals surface area (Å²) in [5.74, 6) is 0.674. The van der Waals surface area contributed by atoms with E-state index in [2.05, 4.69) is 10.0 Å². The van der Waals surface area contributed by atoms with Gasteiger partial charge in [0.25, 0.3) is 15.9 Å². The molecule has 0 aliphatic rings. The fourth-order valence-corrected chi connectivity index (χ4v) is 4.88. The molecule has 3 rings (SSSR count). The van der Waals surface area contributed by atoms with Crippen LogP contribution in [0.15, 0.2) is 65.6 Å². The molecule has 0 saturated heterocycles. The van der Waals surface area contributed by atoms with Gasteiger partial charge in [-0.1, -0.05) is 35.9 Å². The minimum absolute atomic E-state index is 0.0144. The summed E-state index contributed by atoms with van der Waals surface area (Å²) in [5, 5.41) is 2.88. The molecule has 0 aromatic heterocycles. The number of para-hydroxylation sites is 1. The van der Waals surface area contributed by atoms with Crippen molar-refractivity contribution in [2.24, 2.45) is 0 Å². The van der Waals surface area contributed by atoms with Crippen LogP contribution in [0.2, 0.25) is 5.02 Å². The maximum atomic E-state index is 13.0. The number of carbonyl (C=O) groups is 1. The molecule has 0 aliphatic carbocycles.